The highest BCUT2D eigenvalue weighted by Gasteiger charge is 2.26. The van der Waals surface area contributed by atoms with Gasteiger partial charge in [-0.05, 0) is 36.1 Å². The van der Waals surface area contributed by atoms with Crippen molar-refractivity contribution < 1.29 is 13.2 Å². The van der Waals surface area contributed by atoms with E-state index in [1.807, 2.05) is 11.0 Å². The Bertz CT molecular complexity index is 947. The Kier molecular flexibility index (Phi) is 6.51. The molecule has 0 N–H and O–H groups in total. The van der Waals surface area contributed by atoms with Gasteiger partial charge >= 0.3 is 0 Å². The van der Waals surface area contributed by atoms with E-state index in [9.17, 15) is 13.2 Å². The number of benzene rings is 2. The molecule has 4 rings (SSSR count). The van der Waals surface area contributed by atoms with Gasteiger partial charge in [0.25, 0.3) is 5.91 Å². The molecule has 0 bridgehead atoms. The number of hydrogen-bond acceptors (Lipinski definition) is 4. The minimum Gasteiger partial charge on any atom is -0.336 e. The summed E-state index contributed by atoms with van der Waals surface area (Å²) in [6.45, 7) is 5.26. The van der Waals surface area contributed by atoms with E-state index in [1.54, 1.807) is 28.6 Å². The molecular formula is C23H29N3O3S. The van der Waals surface area contributed by atoms with Crippen LogP contribution in [-0.4, -0.2) is 67.7 Å². The maximum absolute atomic E-state index is 12.9. The molecular weight excluding hydrogens is 398 g/mol. The molecule has 2 aromatic carbocycles. The molecule has 2 heterocycles. The first-order chi connectivity index (χ1) is 14.5. The van der Waals surface area contributed by atoms with Crippen molar-refractivity contribution in [1.82, 2.24) is 14.1 Å². The number of carbonyl (C=O) groups excluding carboxylic acids is 1. The normalized spacial score (nSPS) is 18.6. The number of sulfonamides is 1. The molecule has 2 aliphatic heterocycles. The molecule has 0 aliphatic carbocycles. The molecule has 0 spiro atoms. The summed E-state index contributed by atoms with van der Waals surface area (Å²) in [5, 5.41) is 0. The number of carbonyl (C=O) groups is 1. The average Bonchev–Trinajstić information content (AvgIpc) is 3.31. The van der Waals surface area contributed by atoms with Crippen LogP contribution in [0.3, 0.4) is 0 Å². The van der Waals surface area contributed by atoms with Crippen LogP contribution in [0.1, 0.15) is 34.3 Å². The molecule has 7 heteroatoms. The first-order valence-electron chi connectivity index (χ1n) is 10.6. The van der Waals surface area contributed by atoms with Crippen molar-refractivity contribution in [2.24, 2.45) is 0 Å². The third-order valence-corrected chi connectivity index (χ3v) is 7.77. The van der Waals surface area contributed by atoms with Crippen molar-refractivity contribution in [3.8, 4) is 0 Å². The lowest BCUT2D eigenvalue weighted by atomic mass is 10.1. The zero-order chi connectivity index (χ0) is 21.0. The molecule has 2 fully saturated rings. The Labute approximate surface area is 179 Å². The first kappa shape index (κ1) is 21.0. The Morgan fingerprint density at radius 1 is 0.767 bits per heavy atom. The van der Waals surface area contributed by atoms with Crippen LogP contribution < -0.4 is 0 Å². The molecule has 1 amide bonds. The van der Waals surface area contributed by atoms with Gasteiger partial charge in [0.05, 0.1) is 5.75 Å². The van der Waals surface area contributed by atoms with Crippen LogP contribution in [0.15, 0.2) is 54.6 Å². The molecule has 2 saturated heterocycles. The monoisotopic (exact) mass is 427 g/mol. The van der Waals surface area contributed by atoms with Gasteiger partial charge in [-0.25, -0.2) is 12.7 Å². The summed E-state index contributed by atoms with van der Waals surface area (Å²) in [6, 6.07) is 17.4. The van der Waals surface area contributed by atoms with E-state index < -0.39 is 10.0 Å². The van der Waals surface area contributed by atoms with E-state index in [-0.39, 0.29) is 11.7 Å². The Morgan fingerprint density at radius 2 is 1.40 bits per heavy atom. The van der Waals surface area contributed by atoms with Crippen LogP contribution >= 0.6 is 0 Å². The molecule has 0 atom stereocenters. The van der Waals surface area contributed by atoms with Crippen LogP contribution in [0.2, 0.25) is 0 Å². The number of nitrogens with zero attached hydrogens (tertiary/aromatic N) is 3. The Hall–Kier alpha value is -2.22. The van der Waals surface area contributed by atoms with Crippen LogP contribution in [0, 0.1) is 0 Å². The third-order valence-electron chi connectivity index (χ3n) is 5.92. The fraction of sp³-hybridized carbons (Fsp3) is 0.435. The lowest BCUT2D eigenvalue weighted by Gasteiger charge is -2.34. The SMILES string of the molecule is O=C(c1ccc(CS(=O)(=O)N2CCCC2)cc1)N1CCN(Cc2ccccc2)CC1. The number of hydrogen-bond donors (Lipinski definition) is 0. The lowest BCUT2D eigenvalue weighted by molar-refractivity contribution is 0.0628. The van der Waals surface area contributed by atoms with Crippen molar-refractivity contribution in [3.05, 3.63) is 71.3 Å². The van der Waals surface area contributed by atoms with Gasteiger partial charge in [-0.2, -0.15) is 0 Å². The van der Waals surface area contributed by atoms with E-state index >= 15 is 0 Å². The maximum atomic E-state index is 12.9. The maximum Gasteiger partial charge on any atom is 0.253 e. The highest BCUT2D eigenvalue weighted by molar-refractivity contribution is 7.88. The first-order valence-corrected chi connectivity index (χ1v) is 12.2. The molecule has 2 aliphatic rings. The minimum atomic E-state index is -3.27. The molecule has 0 aromatic heterocycles. The second kappa shape index (κ2) is 9.29. The van der Waals surface area contributed by atoms with Crippen LogP contribution in [0.4, 0.5) is 0 Å². The minimum absolute atomic E-state index is 0.000366. The van der Waals surface area contributed by atoms with Crippen molar-refractivity contribution >= 4 is 15.9 Å². The summed E-state index contributed by atoms with van der Waals surface area (Å²) >= 11 is 0. The van der Waals surface area contributed by atoms with Gasteiger partial charge in [-0.15, -0.1) is 0 Å². The quantitative estimate of drug-likeness (QED) is 0.711. The second-order valence-electron chi connectivity index (χ2n) is 8.11. The predicted octanol–water partition coefficient (Wildman–Crippen LogP) is 2.57. The molecule has 2 aromatic rings. The summed E-state index contributed by atoms with van der Waals surface area (Å²) < 4.78 is 26.5. The average molecular weight is 428 g/mol. The van der Waals surface area contributed by atoms with Gasteiger partial charge in [0, 0.05) is 51.4 Å². The molecule has 160 valence electrons. The Morgan fingerprint density at radius 3 is 2.03 bits per heavy atom. The summed E-state index contributed by atoms with van der Waals surface area (Å²) in [4.78, 5) is 17.1. The van der Waals surface area contributed by atoms with Crippen LogP contribution in [-0.2, 0) is 22.3 Å². The van der Waals surface area contributed by atoms with Crippen molar-refractivity contribution in [2.75, 3.05) is 39.3 Å². The van der Waals surface area contributed by atoms with Gasteiger partial charge in [0.2, 0.25) is 10.0 Å². The topological polar surface area (TPSA) is 60.9 Å². The molecule has 6 nitrogen and oxygen atoms in total. The third kappa shape index (κ3) is 5.09. The zero-order valence-electron chi connectivity index (χ0n) is 17.2. The summed E-state index contributed by atoms with van der Waals surface area (Å²) in [5.74, 6) is 0.0166. The van der Waals surface area contributed by atoms with Crippen LogP contribution in [0.5, 0.6) is 0 Å². The van der Waals surface area contributed by atoms with Gasteiger partial charge in [-0.1, -0.05) is 42.5 Å². The standard InChI is InChI=1S/C23H29N3O3S/c27-23(25-16-14-24(15-17-25)18-20-6-2-1-3-7-20)22-10-8-21(9-11-22)19-30(28,29)26-12-4-5-13-26/h1-3,6-11H,4-5,12-19H2. The van der Waals surface area contributed by atoms with Gasteiger partial charge in [-0.3, -0.25) is 9.69 Å². The van der Waals surface area contributed by atoms with Crippen LogP contribution in [0.25, 0.3) is 0 Å². The lowest BCUT2D eigenvalue weighted by Crippen LogP contribution is -2.48. The van der Waals surface area contributed by atoms with Gasteiger partial charge in [0.15, 0.2) is 0 Å². The molecule has 0 unspecified atom stereocenters. The van der Waals surface area contributed by atoms with Crippen molar-refractivity contribution in [1.29, 1.82) is 0 Å². The summed E-state index contributed by atoms with van der Waals surface area (Å²) in [6.07, 6.45) is 1.87. The Balaban J connectivity index is 1.31. The molecule has 30 heavy (non-hydrogen) atoms. The van der Waals surface area contributed by atoms with E-state index in [1.165, 1.54) is 5.56 Å². The fourth-order valence-corrected chi connectivity index (χ4v) is 5.76. The van der Waals surface area contributed by atoms with Gasteiger partial charge < -0.3 is 4.90 Å². The van der Waals surface area contributed by atoms with Crippen molar-refractivity contribution in [2.45, 2.75) is 25.1 Å². The van der Waals surface area contributed by atoms with E-state index in [0.29, 0.717) is 31.7 Å². The molecule has 0 saturated carbocycles. The number of piperazine rings is 1. The largest absolute Gasteiger partial charge is 0.336 e. The zero-order valence-corrected chi connectivity index (χ0v) is 18.1. The van der Waals surface area contributed by atoms with Crippen molar-refractivity contribution in [3.63, 3.8) is 0 Å². The fourth-order valence-electron chi connectivity index (χ4n) is 4.15. The van der Waals surface area contributed by atoms with Gasteiger partial charge in [0.1, 0.15) is 0 Å². The highest BCUT2D eigenvalue weighted by Crippen LogP contribution is 2.18. The summed E-state index contributed by atoms with van der Waals surface area (Å²) in [5.41, 5.74) is 2.64. The predicted molar refractivity (Wildman–Crippen MR) is 117 cm³/mol. The van der Waals surface area contributed by atoms with E-state index in [2.05, 4.69) is 29.2 Å². The number of rotatable bonds is 6. The number of amides is 1. The summed E-state index contributed by atoms with van der Waals surface area (Å²) in [7, 11) is -3.27. The van der Waals surface area contributed by atoms with E-state index in [4.69, 9.17) is 0 Å². The molecule has 0 radical (unpaired) electrons. The highest BCUT2D eigenvalue weighted by atomic mass is 32.2. The second-order valence-corrected chi connectivity index (χ2v) is 10.1. The smallest absolute Gasteiger partial charge is 0.253 e. The van der Waals surface area contributed by atoms with E-state index in [0.717, 1.165) is 38.0 Å².